The first kappa shape index (κ1) is 19.3. The third kappa shape index (κ3) is 4.22. The zero-order chi connectivity index (χ0) is 20.2. The van der Waals surface area contributed by atoms with Gasteiger partial charge in [0.2, 0.25) is 0 Å². The van der Waals surface area contributed by atoms with Gasteiger partial charge < -0.3 is 15.0 Å². The van der Waals surface area contributed by atoms with E-state index in [1.54, 1.807) is 10.9 Å². The normalized spacial score (nSPS) is 14.3. The predicted octanol–water partition coefficient (Wildman–Crippen LogP) is -0.102. The standard InChI is InChI=1S/C17H20N8O3S/c1-29-17-20-14(24-6-8-28-9-7-24)11-10-19-25(15(11)21-17)5-4-18-16(27)12-2-3-13(26)23-22-12/h2-3,10H,4-9H2,1H3,(H,18,27)(H,23,26). The van der Waals surface area contributed by atoms with Crippen molar-refractivity contribution in [2.45, 2.75) is 11.7 Å². The SMILES string of the molecule is CSc1nc(N2CCOCC2)c2cnn(CCNC(=O)c3ccc(=O)[nH]n3)c2n1. The second-order valence-electron chi connectivity index (χ2n) is 6.30. The molecule has 0 aromatic carbocycles. The van der Waals surface area contributed by atoms with E-state index in [1.807, 2.05) is 6.26 Å². The Morgan fingerprint density at radius 3 is 2.86 bits per heavy atom. The predicted molar refractivity (Wildman–Crippen MR) is 107 cm³/mol. The molecule has 0 saturated carbocycles. The van der Waals surface area contributed by atoms with Gasteiger partial charge >= 0.3 is 0 Å². The highest BCUT2D eigenvalue weighted by Gasteiger charge is 2.20. The Morgan fingerprint density at radius 2 is 2.14 bits per heavy atom. The molecule has 4 rings (SSSR count). The van der Waals surface area contributed by atoms with Crippen LogP contribution in [-0.2, 0) is 11.3 Å². The fraction of sp³-hybridized carbons (Fsp3) is 0.412. The van der Waals surface area contributed by atoms with Gasteiger partial charge in [-0.25, -0.2) is 19.7 Å². The maximum atomic E-state index is 12.1. The van der Waals surface area contributed by atoms with Gasteiger partial charge in [0, 0.05) is 25.7 Å². The number of rotatable bonds is 6. The fourth-order valence-electron chi connectivity index (χ4n) is 3.03. The van der Waals surface area contributed by atoms with Crippen molar-refractivity contribution >= 4 is 34.5 Å². The molecule has 3 aromatic rings. The van der Waals surface area contributed by atoms with Crippen molar-refractivity contribution in [1.82, 2.24) is 35.3 Å². The zero-order valence-electron chi connectivity index (χ0n) is 15.8. The van der Waals surface area contributed by atoms with Crippen molar-refractivity contribution in [2.24, 2.45) is 0 Å². The van der Waals surface area contributed by atoms with Crippen LogP contribution in [0, 0.1) is 0 Å². The number of morpholine rings is 1. The summed E-state index contributed by atoms with van der Waals surface area (Å²) in [7, 11) is 0. The number of aromatic nitrogens is 6. The molecule has 0 spiro atoms. The molecular weight excluding hydrogens is 396 g/mol. The highest BCUT2D eigenvalue weighted by molar-refractivity contribution is 7.98. The van der Waals surface area contributed by atoms with Crippen molar-refractivity contribution in [2.75, 3.05) is 44.0 Å². The molecule has 12 heteroatoms. The van der Waals surface area contributed by atoms with Crippen LogP contribution in [0.25, 0.3) is 11.0 Å². The van der Waals surface area contributed by atoms with Crippen LogP contribution in [0.5, 0.6) is 0 Å². The average molecular weight is 416 g/mol. The summed E-state index contributed by atoms with van der Waals surface area (Å²) in [5, 5.41) is 14.7. The van der Waals surface area contributed by atoms with Gasteiger partial charge in [-0.2, -0.15) is 10.2 Å². The van der Waals surface area contributed by atoms with Crippen molar-refractivity contribution in [3.63, 3.8) is 0 Å². The first-order valence-electron chi connectivity index (χ1n) is 9.10. The quantitative estimate of drug-likeness (QED) is 0.418. The lowest BCUT2D eigenvalue weighted by molar-refractivity contribution is 0.0946. The van der Waals surface area contributed by atoms with Gasteiger partial charge in [0.15, 0.2) is 10.8 Å². The van der Waals surface area contributed by atoms with Crippen LogP contribution in [-0.4, -0.2) is 75.0 Å². The molecule has 3 aromatic heterocycles. The van der Waals surface area contributed by atoms with E-state index >= 15 is 0 Å². The molecule has 0 aliphatic carbocycles. The molecule has 0 radical (unpaired) electrons. The molecule has 4 heterocycles. The van der Waals surface area contributed by atoms with Crippen LogP contribution in [0.3, 0.4) is 0 Å². The zero-order valence-corrected chi connectivity index (χ0v) is 16.6. The number of hydrogen-bond donors (Lipinski definition) is 2. The van der Waals surface area contributed by atoms with Crippen LogP contribution < -0.4 is 15.8 Å². The number of hydrogen-bond acceptors (Lipinski definition) is 9. The summed E-state index contributed by atoms with van der Waals surface area (Å²) in [4.78, 5) is 34.6. The number of anilines is 1. The lowest BCUT2D eigenvalue weighted by Crippen LogP contribution is -2.37. The number of nitrogens with one attached hydrogen (secondary N) is 2. The Kier molecular flexibility index (Phi) is 5.71. The maximum absolute atomic E-state index is 12.1. The van der Waals surface area contributed by atoms with E-state index in [0.29, 0.717) is 31.5 Å². The monoisotopic (exact) mass is 416 g/mol. The number of aromatic amines is 1. The van der Waals surface area contributed by atoms with Gasteiger partial charge in [0.25, 0.3) is 11.5 Å². The molecule has 11 nitrogen and oxygen atoms in total. The molecule has 0 bridgehead atoms. The van der Waals surface area contributed by atoms with E-state index < -0.39 is 0 Å². The van der Waals surface area contributed by atoms with E-state index in [2.05, 4.69) is 35.5 Å². The summed E-state index contributed by atoms with van der Waals surface area (Å²) in [6.07, 6.45) is 3.69. The van der Waals surface area contributed by atoms with Crippen LogP contribution in [0.1, 0.15) is 10.5 Å². The number of fused-ring (bicyclic) bond motifs is 1. The second kappa shape index (κ2) is 8.57. The Bertz CT molecular complexity index is 1060. The van der Waals surface area contributed by atoms with Crippen molar-refractivity contribution in [3.05, 3.63) is 34.4 Å². The third-order valence-corrected chi connectivity index (χ3v) is 5.02. The number of ether oxygens (including phenoxy) is 1. The molecule has 1 aliphatic rings. The highest BCUT2D eigenvalue weighted by atomic mass is 32.2. The molecule has 1 amide bonds. The number of amides is 1. The van der Waals surface area contributed by atoms with Gasteiger partial charge in [-0.15, -0.1) is 0 Å². The summed E-state index contributed by atoms with van der Waals surface area (Å²) in [6, 6.07) is 2.64. The van der Waals surface area contributed by atoms with Crippen molar-refractivity contribution < 1.29 is 9.53 Å². The summed E-state index contributed by atoms with van der Waals surface area (Å²) in [6.45, 7) is 3.65. The first-order chi connectivity index (χ1) is 14.2. The van der Waals surface area contributed by atoms with Gasteiger partial charge in [-0.05, 0) is 12.3 Å². The van der Waals surface area contributed by atoms with E-state index in [0.717, 1.165) is 29.9 Å². The Hall–Kier alpha value is -2.99. The Morgan fingerprint density at radius 1 is 1.31 bits per heavy atom. The van der Waals surface area contributed by atoms with E-state index in [-0.39, 0.29) is 17.2 Å². The minimum Gasteiger partial charge on any atom is -0.378 e. The van der Waals surface area contributed by atoms with Crippen LogP contribution in [0.15, 0.2) is 28.3 Å². The third-order valence-electron chi connectivity index (χ3n) is 4.47. The van der Waals surface area contributed by atoms with Gasteiger partial charge in [-0.1, -0.05) is 11.8 Å². The number of thioether (sulfide) groups is 1. The Balaban J connectivity index is 1.51. The second-order valence-corrected chi connectivity index (χ2v) is 7.07. The van der Waals surface area contributed by atoms with Crippen molar-refractivity contribution in [1.29, 1.82) is 0 Å². The van der Waals surface area contributed by atoms with Crippen molar-refractivity contribution in [3.8, 4) is 0 Å². The molecule has 1 fully saturated rings. The van der Waals surface area contributed by atoms with Crippen LogP contribution in [0.2, 0.25) is 0 Å². The summed E-state index contributed by atoms with van der Waals surface area (Å²) < 4.78 is 7.19. The average Bonchev–Trinajstić information content (AvgIpc) is 3.17. The number of carbonyl (C=O) groups excluding carboxylic acids is 1. The Labute approximate surface area is 169 Å². The largest absolute Gasteiger partial charge is 0.378 e. The van der Waals surface area contributed by atoms with Gasteiger partial charge in [-0.3, -0.25) is 9.59 Å². The number of nitrogens with zero attached hydrogens (tertiary/aromatic N) is 6. The topological polar surface area (TPSA) is 131 Å². The summed E-state index contributed by atoms with van der Waals surface area (Å²) in [5.41, 5.74) is 0.517. The molecular formula is C17H20N8O3S. The lowest BCUT2D eigenvalue weighted by atomic mass is 10.3. The molecule has 1 aliphatic heterocycles. The van der Waals surface area contributed by atoms with E-state index in [1.165, 1.54) is 23.9 Å². The number of H-pyrrole nitrogens is 1. The minimum absolute atomic E-state index is 0.150. The van der Waals surface area contributed by atoms with E-state index in [4.69, 9.17) is 4.74 Å². The van der Waals surface area contributed by atoms with Gasteiger partial charge in [0.1, 0.15) is 11.5 Å². The maximum Gasteiger partial charge on any atom is 0.271 e. The molecule has 29 heavy (non-hydrogen) atoms. The van der Waals surface area contributed by atoms with Gasteiger partial charge in [0.05, 0.1) is 31.3 Å². The number of carbonyl (C=O) groups is 1. The van der Waals surface area contributed by atoms with Crippen LogP contribution >= 0.6 is 11.8 Å². The smallest absolute Gasteiger partial charge is 0.271 e. The molecule has 152 valence electrons. The summed E-state index contributed by atoms with van der Waals surface area (Å²) in [5.74, 6) is 0.488. The molecule has 0 atom stereocenters. The fourth-order valence-corrected chi connectivity index (χ4v) is 3.38. The molecule has 2 N–H and O–H groups in total. The lowest BCUT2D eigenvalue weighted by Gasteiger charge is -2.28. The molecule has 1 saturated heterocycles. The van der Waals surface area contributed by atoms with Crippen LogP contribution in [0.4, 0.5) is 5.82 Å². The highest BCUT2D eigenvalue weighted by Crippen LogP contribution is 2.27. The minimum atomic E-state index is -0.369. The first-order valence-corrected chi connectivity index (χ1v) is 10.3. The summed E-state index contributed by atoms with van der Waals surface area (Å²) >= 11 is 1.47. The molecule has 0 unspecified atom stereocenters. The van der Waals surface area contributed by atoms with E-state index in [9.17, 15) is 9.59 Å².